The maximum absolute atomic E-state index is 13.3. The number of hydrogen-bond acceptors (Lipinski definition) is 4. The predicted octanol–water partition coefficient (Wildman–Crippen LogP) is 7.96. The molecule has 0 aliphatic rings. The van der Waals surface area contributed by atoms with Crippen LogP contribution in [0.5, 0.6) is 11.5 Å². The minimum absolute atomic E-state index is 0.222. The van der Waals surface area contributed by atoms with Crippen LogP contribution >= 0.6 is 0 Å². The number of halogens is 6. The van der Waals surface area contributed by atoms with Gasteiger partial charge in [-0.25, -0.2) is 8.78 Å². The first-order valence-electron chi connectivity index (χ1n) is 10.6. The Hall–Kier alpha value is -4.86. The van der Waals surface area contributed by atoms with Crippen LogP contribution in [-0.4, -0.2) is 21.8 Å². The van der Waals surface area contributed by atoms with Crippen LogP contribution in [0.15, 0.2) is 85.0 Å². The third kappa shape index (κ3) is 6.67. The summed E-state index contributed by atoms with van der Waals surface area (Å²) in [4.78, 5) is 24.6. The van der Waals surface area contributed by atoms with Crippen molar-refractivity contribution in [2.75, 3.05) is 0 Å². The maximum atomic E-state index is 13.3. The van der Waals surface area contributed by atoms with Crippen LogP contribution in [0.25, 0.3) is 23.8 Å². The summed E-state index contributed by atoms with van der Waals surface area (Å²) in [7, 11) is 0. The Morgan fingerprint density at radius 3 is 1.18 bits per heavy atom. The van der Waals surface area contributed by atoms with E-state index in [0.29, 0.717) is 23.3 Å². The molecule has 0 unspecified atom stereocenters. The Labute approximate surface area is 211 Å². The van der Waals surface area contributed by atoms with Crippen molar-refractivity contribution in [3.05, 3.63) is 118 Å². The van der Waals surface area contributed by atoms with E-state index >= 15 is 0 Å². The summed E-state index contributed by atoms with van der Waals surface area (Å²) < 4.78 is 76.0. The summed E-state index contributed by atoms with van der Waals surface area (Å²) in [6, 6.07) is 11.7. The molecule has 2 N–H and O–H groups in total. The van der Waals surface area contributed by atoms with Crippen molar-refractivity contribution < 1.29 is 46.1 Å². The number of hydrogen-bond donors (Lipinski definition) is 2. The van der Waals surface area contributed by atoms with Crippen LogP contribution in [0.4, 0.5) is 26.3 Å². The molecule has 0 amide bonds. The van der Waals surface area contributed by atoms with Gasteiger partial charge in [0, 0.05) is 11.1 Å². The second kappa shape index (κ2) is 11.9. The van der Waals surface area contributed by atoms with Gasteiger partial charge in [-0.2, -0.15) is 17.6 Å². The van der Waals surface area contributed by atoms with E-state index in [9.17, 15) is 46.1 Å². The van der Waals surface area contributed by atoms with Gasteiger partial charge in [-0.05, 0) is 47.5 Å². The molecule has 0 spiro atoms. The van der Waals surface area contributed by atoms with E-state index in [1.54, 1.807) is 24.3 Å². The Kier molecular flexibility index (Phi) is 8.69. The van der Waals surface area contributed by atoms with Gasteiger partial charge in [-0.1, -0.05) is 48.6 Å². The summed E-state index contributed by atoms with van der Waals surface area (Å²) in [6.07, 6.45) is -0.0677. The molecule has 0 heterocycles. The van der Waals surface area contributed by atoms with E-state index in [1.165, 1.54) is 12.2 Å². The van der Waals surface area contributed by atoms with Gasteiger partial charge in [0.1, 0.15) is 11.5 Å². The summed E-state index contributed by atoms with van der Waals surface area (Å²) in [6.45, 7) is 0. The highest BCUT2D eigenvalue weighted by atomic mass is 19.3. The molecule has 0 saturated heterocycles. The third-order valence-electron chi connectivity index (χ3n) is 5.16. The first-order valence-corrected chi connectivity index (χ1v) is 10.6. The van der Waals surface area contributed by atoms with Gasteiger partial charge >= 0.3 is 12.2 Å². The zero-order valence-electron chi connectivity index (χ0n) is 19.1. The van der Waals surface area contributed by atoms with Crippen LogP contribution in [0, 0.1) is 0 Å². The van der Waals surface area contributed by atoms with Gasteiger partial charge in [0.05, 0.1) is 11.1 Å². The highest BCUT2D eigenvalue weighted by molar-refractivity contribution is 6.09. The fourth-order valence-corrected chi connectivity index (χ4v) is 3.21. The predicted molar refractivity (Wildman–Crippen MR) is 130 cm³/mol. The molecule has 3 aromatic rings. The van der Waals surface area contributed by atoms with Crippen LogP contribution < -0.4 is 0 Å². The largest absolute Gasteiger partial charge is 0.507 e. The van der Waals surface area contributed by atoms with Crippen LogP contribution in [-0.2, 0) is 0 Å². The number of phenols is 2. The van der Waals surface area contributed by atoms with Gasteiger partial charge in [0.15, 0.2) is 23.2 Å². The van der Waals surface area contributed by atoms with Crippen LogP contribution in [0.3, 0.4) is 0 Å². The molecule has 0 fully saturated rings. The van der Waals surface area contributed by atoms with Gasteiger partial charge in [0.2, 0.25) is 0 Å². The molecule has 3 aromatic carbocycles. The topological polar surface area (TPSA) is 74.6 Å². The molecular formula is C28H16F6O4. The van der Waals surface area contributed by atoms with Gasteiger partial charge in [0.25, 0.3) is 0 Å². The van der Waals surface area contributed by atoms with Gasteiger partial charge < -0.3 is 10.2 Å². The number of phenolic OH excluding ortho intramolecular Hbond substituents is 2. The monoisotopic (exact) mass is 530 g/mol. The minimum atomic E-state index is -2.56. The molecule has 0 saturated carbocycles. The highest BCUT2D eigenvalue weighted by Crippen LogP contribution is 2.29. The van der Waals surface area contributed by atoms with Gasteiger partial charge in [-0.15, -0.1) is 0 Å². The SMILES string of the molecule is O=C(C=Cc1ccc(C=CC(=O)c2ccc(C(F)=C(F)F)cc2O)cc1)c1ccc(C(F)=C(F)F)cc1O. The molecule has 10 heteroatoms. The van der Waals surface area contributed by atoms with Crippen LogP contribution in [0.1, 0.15) is 43.0 Å². The summed E-state index contributed by atoms with van der Waals surface area (Å²) in [5.74, 6) is -6.28. The van der Waals surface area contributed by atoms with E-state index in [1.807, 2.05) is 0 Å². The number of carbonyl (C=O) groups is 2. The van der Waals surface area contributed by atoms with Crippen molar-refractivity contribution in [3.8, 4) is 11.5 Å². The summed E-state index contributed by atoms with van der Waals surface area (Å²) in [5, 5.41) is 19.8. The maximum Gasteiger partial charge on any atom is 0.306 e. The number of benzene rings is 3. The molecule has 0 aromatic heterocycles. The van der Waals surface area contributed by atoms with Crippen molar-refractivity contribution in [3.63, 3.8) is 0 Å². The number of aromatic hydroxyl groups is 2. The molecule has 3 rings (SSSR count). The average Bonchev–Trinajstić information content (AvgIpc) is 2.89. The number of carbonyl (C=O) groups excluding carboxylic acids is 2. The van der Waals surface area contributed by atoms with Crippen molar-refractivity contribution in [2.24, 2.45) is 0 Å². The van der Waals surface area contributed by atoms with Crippen molar-refractivity contribution in [1.82, 2.24) is 0 Å². The lowest BCUT2D eigenvalue weighted by Gasteiger charge is -2.04. The second-order valence-electron chi connectivity index (χ2n) is 7.67. The average molecular weight is 530 g/mol. The Bertz CT molecular complexity index is 1400. The van der Waals surface area contributed by atoms with E-state index < -0.39 is 58.0 Å². The normalized spacial score (nSPS) is 11.1. The summed E-state index contributed by atoms with van der Waals surface area (Å²) in [5.41, 5.74) is -0.490. The number of rotatable bonds is 8. The number of allylic oxidation sites excluding steroid dienone is 2. The molecule has 38 heavy (non-hydrogen) atoms. The van der Waals surface area contributed by atoms with E-state index in [-0.39, 0.29) is 11.1 Å². The zero-order chi connectivity index (χ0) is 28.0. The molecule has 0 aliphatic heterocycles. The van der Waals surface area contributed by atoms with Crippen molar-refractivity contribution in [1.29, 1.82) is 0 Å². The number of ketones is 2. The zero-order valence-corrected chi connectivity index (χ0v) is 19.1. The highest BCUT2D eigenvalue weighted by Gasteiger charge is 2.15. The molecular weight excluding hydrogens is 514 g/mol. The fourth-order valence-electron chi connectivity index (χ4n) is 3.21. The quantitative estimate of drug-likeness (QED) is 0.176. The Morgan fingerprint density at radius 1 is 0.553 bits per heavy atom. The second-order valence-corrected chi connectivity index (χ2v) is 7.67. The van der Waals surface area contributed by atoms with Gasteiger partial charge in [-0.3, -0.25) is 9.59 Å². The molecule has 0 aliphatic carbocycles. The lowest BCUT2D eigenvalue weighted by atomic mass is 10.0. The fraction of sp³-hybridized carbons (Fsp3) is 0. The molecule has 0 radical (unpaired) electrons. The molecule has 0 atom stereocenters. The van der Waals surface area contributed by atoms with E-state index in [0.717, 1.165) is 36.4 Å². The minimum Gasteiger partial charge on any atom is -0.507 e. The lowest BCUT2D eigenvalue weighted by Crippen LogP contribution is -1.96. The molecule has 4 nitrogen and oxygen atoms in total. The van der Waals surface area contributed by atoms with E-state index in [2.05, 4.69) is 0 Å². The third-order valence-corrected chi connectivity index (χ3v) is 5.16. The van der Waals surface area contributed by atoms with E-state index in [4.69, 9.17) is 0 Å². The van der Waals surface area contributed by atoms with Crippen molar-refractivity contribution in [2.45, 2.75) is 0 Å². The molecule has 0 bridgehead atoms. The Balaban J connectivity index is 1.68. The lowest BCUT2D eigenvalue weighted by molar-refractivity contribution is 0.103. The first-order chi connectivity index (χ1) is 18.0. The van der Waals surface area contributed by atoms with Crippen LogP contribution in [0.2, 0.25) is 0 Å². The summed E-state index contributed by atoms with van der Waals surface area (Å²) >= 11 is 0. The first kappa shape index (κ1) is 27.7. The standard InChI is InChI=1S/C28H16F6O4/c29-25(27(31)32)17-7-9-19(23(37)13-17)21(35)11-5-15-1-2-16(4-3-15)6-12-22(36)20-10-8-18(14-24(20)38)26(30)28(33)34/h1-14,37-38H. The molecule has 194 valence electrons. The Morgan fingerprint density at radius 2 is 0.895 bits per heavy atom. The van der Waals surface area contributed by atoms with Crippen molar-refractivity contribution >= 4 is 35.4 Å². The smallest absolute Gasteiger partial charge is 0.306 e.